The lowest BCUT2D eigenvalue weighted by atomic mass is 9.76. The quantitative estimate of drug-likeness (QED) is 0.183. The van der Waals surface area contributed by atoms with Gasteiger partial charge in [-0.25, -0.2) is 0 Å². The molecule has 3 aromatic rings. The fourth-order valence-corrected chi connectivity index (χ4v) is 5.06. The number of nitrogens with one attached hydrogen (secondary N) is 3. The first-order chi connectivity index (χ1) is 16.3. The van der Waals surface area contributed by atoms with E-state index in [-0.39, 0.29) is 11.9 Å². The average molecular weight is 578 g/mol. The summed E-state index contributed by atoms with van der Waals surface area (Å²) in [6.45, 7) is 8.68. The Morgan fingerprint density at radius 2 is 2.15 bits per heavy atom. The molecule has 1 amide bonds. The number of likely N-dealkylation sites (N-methyl/N-ethyl adjacent to an activating group) is 1. The van der Waals surface area contributed by atoms with Gasteiger partial charge in [-0.3, -0.25) is 9.89 Å². The Kier molecular flexibility index (Phi) is 7.99. The van der Waals surface area contributed by atoms with Gasteiger partial charge in [0.25, 0.3) is 0 Å². The van der Waals surface area contributed by atoms with Crippen LogP contribution in [0.25, 0.3) is 22.3 Å². The molecule has 34 heavy (non-hydrogen) atoms. The molecule has 8 heteroatoms. The standard InChI is InChI=1S/C26H36IN5O2/c1-5-20(28-11-13-34-12-10-27)25(33)32(4)18-7-6-17-14-22(29-21(17)15-18)24-19-8-9-26(2,3)16-23(19)30-31-24/h6-7,14-15,20,28-29H,5,8-13,16H2,1-4H3,(H,30,31)/t20-/m1/s1. The second-order valence-electron chi connectivity index (χ2n) is 9.94. The van der Waals surface area contributed by atoms with Crippen LogP contribution in [-0.4, -0.2) is 58.4 Å². The molecule has 184 valence electrons. The number of fused-ring (bicyclic) bond motifs is 2. The van der Waals surface area contributed by atoms with Gasteiger partial charge in [-0.05, 0) is 49.3 Å². The third-order valence-corrected chi connectivity index (χ3v) is 7.24. The van der Waals surface area contributed by atoms with Gasteiger partial charge >= 0.3 is 0 Å². The number of H-pyrrole nitrogens is 2. The summed E-state index contributed by atoms with van der Waals surface area (Å²) in [7, 11) is 1.84. The van der Waals surface area contributed by atoms with Crippen LogP contribution in [0.4, 0.5) is 5.69 Å². The molecule has 1 aliphatic carbocycles. The minimum Gasteiger partial charge on any atom is -0.379 e. The number of aromatic amines is 2. The van der Waals surface area contributed by atoms with Gasteiger partial charge in [0.2, 0.25) is 5.91 Å². The summed E-state index contributed by atoms with van der Waals surface area (Å²) in [4.78, 5) is 18.4. The van der Waals surface area contributed by atoms with Gasteiger partial charge in [0, 0.05) is 45.9 Å². The summed E-state index contributed by atoms with van der Waals surface area (Å²) >= 11 is 2.29. The van der Waals surface area contributed by atoms with Crippen LogP contribution in [0.5, 0.6) is 0 Å². The van der Waals surface area contributed by atoms with E-state index in [1.54, 1.807) is 4.90 Å². The number of hydrogen-bond acceptors (Lipinski definition) is 4. The molecular weight excluding hydrogens is 541 g/mol. The SMILES string of the molecule is CC[C@@H](NCCOCCI)C(=O)N(C)c1ccc2cc(-c3n[nH]c4c3CCC(C)(C)C4)[nH]c2c1. The Balaban J connectivity index is 1.49. The number of carbonyl (C=O) groups excluding carboxylic acids is 1. The van der Waals surface area contributed by atoms with Crippen molar-refractivity contribution in [1.82, 2.24) is 20.5 Å². The summed E-state index contributed by atoms with van der Waals surface area (Å²) < 4.78 is 6.49. The number of hydrogen-bond donors (Lipinski definition) is 3. The fraction of sp³-hybridized carbons (Fsp3) is 0.538. The van der Waals surface area contributed by atoms with Crippen LogP contribution in [0.2, 0.25) is 0 Å². The highest BCUT2D eigenvalue weighted by atomic mass is 127. The van der Waals surface area contributed by atoms with Gasteiger partial charge in [-0.2, -0.15) is 5.10 Å². The van der Waals surface area contributed by atoms with Gasteiger partial charge in [0.15, 0.2) is 0 Å². The highest BCUT2D eigenvalue weighted by Crippen LogP contribution is 2.38. The molecule has 0 fully saturated rings. The molecule has 1 aliphatic rings. The van der Waals surface area contributed by atoms with E-state index in [1.807, 2.05) is 20.0 Å². The minimum atomic E-state index is -0.233. The van der Waals surface area contributed by atoms with E-state index < -0.39 is 0 Å². The van der Waals surface area contributed by atoms with Crippen molar-refractivity contribution in [2.75, 3.05) is 36.1 Å². The zero-order chi connectivity index (χ0) is 24.3. The third-order valence-electron chi connectivity index (χ3n) is 6.80. The maximum Gasteiger partial charge on any atom is 0.243 e. The first-order valence-electron chi connectivity index (χ1n) is 12.2. The highest BCUT2D eigenvalue weighted by Gasteiger charge is 2.29. The largest absolute Gasteiger partial charge is 0.379 e. The topological polar surface area (TPSA) is 86.0 Å². The van der Waals surface area contributed by atoms with E-state index in [2.05, 4.69) is 75.1 Å². The zero-order valence-electron chi connectivity index (χ0n) is 20.6. The molecule has 0 radical (unpaired) electrons. The summed E-state index contributed by atoms with van der Waals surface area (Å²) in [5, 5.41) is 12.4. The van der Waals surface area contributed by atoms with E-state index in [0.29, 0.717) is 18.6 Å². The number of alkyl halides is 1. The molecule has 0 spiro atoms. The predicted octanol–water partition coefficient (Wildman–Crippen LogP) is 4.86. The molecule has 4 rings (SSSR count). The number of amides is 1. The zero-order valence-corrected chi connectivity index (χ0v) is 22.8. The monoisotopic (exact) mass is 577 g/mol. The molecule has 7 nitrogen and oxygen atoms in total. The molecule has 0 saturated heterocycles. The maximum atomic E-state index is 13.1. The van der Waals surface area contributed by atoms with Crippen LogP contribution >= 0.6 is 22.6 Å². The molecule has 0 aliphatic heterocycles. The van der Waals surface area contributed by atoms with Crippen molar-refractivity contribution in [2.24, 2.45) is 5.41 Å². The average Bonchev–Trinajstić information content (AvgIpc) is 3.42. The van der Waals surface area contributed by atoms with Gasteiger partial charge in [-0.1, -0.05) is 49.4 Å². The van der Waals surface area contributed by atoms with Crippen molar-refractivity contribution in [3.8, 4) is 11.4 Å². The van der Waals surface area contributed by atoms with Crippen LogP contribution in [0.1, 0.15) is 44.9 Å². The number of aromatic nitrogens is 3. The predicted molar refractivity (Wildman–Crippen MR) is 147 cm³/mol. The normalized spacial score (nSPS) is 15.9. The van der Waals surface area contributed by atoms with Crippen molar-refractivity contribution in [3.63, 3.8) is 0 Å². The van der Waals surface area contributed by atoms with Crippen LogP contribution in [0.3, 0.4) is 0 Å². The lowest BCUT2D eigenvalue weighted by molar-refractivity contribution is -0.120. The van der Waals surface area contributed by atoms with E-state index in [4.69, 9.17) is 4.74 Å². The number of ether oxygens (including phenoxy) is 1. The Labute approximate surface area is 215 Å². The Hall–Kier alpha value is -1.91. The second kappa shape index (κ2) is 10.8. The Morgan fingerprint density at radius 1 is 1.32 bits per heavy atom. The fourth-order valence-electron chi connectivity index (χ4n) is 4.75. The molecule has 0 unspecified atom stereocenters. The molecule has 2 heterocycles. The summed E-state index contributed by atoms with van der Waals surface area (Å²) in [6, 6.07) is 8.06. The Bertz CT molecular complexity index is 1140. The number of carbonyl (C=O) groups is 1. The maximum absolute atomic E-state index is 13.1. The van der Waals surface area contributed by atoms with E-state index >= 15 is 0 Å². The molecular formula is C26H36IN5O2. The number of rotatable bonds is 10. The lowest BCUT2D eigenvalue weighted by Gasteiger charge is -2.28. The summed E-state index contributed by atoms with van der Waals surface area (Å²) in [5.41, 5.74) is 6.83. The molecule has 1 atom stereocenters. The van der Waals surface area contributed by atoms with Crippen LogP contribution < -0.4 is 10.2 Å². The van der Waals surface area contributed by atoms with Crippen LogP contribution in [0.15, 0.2) is 24.3 Å². The van der Waals surface area contributed by atoms with E-state index in [9.17, 15) is 4.79 Å². The van der Waals surface area contributed by atoms with E-state index in [1.165, 1.54) is 17.7 Å². The van der Waals surface area contributed by atoms with Crippen molar-refractivity contribution < 1.29 is 9.53 Å². The number of benzene rings is 1. The summed E-state index contributed by atoms with van der Waals surface area (Å²) in [6.07, 6.45) is 3.97. The van der Waals surface area contributed by atoms with Crippen molar-refractivity contribution in [3.05, 3.63) is 35.5 Å². The smallest absolute Gasteiger partial charge is 0.243 e. The van der Waals surface area contributed by atoms with Crippen molar-refractivity contribution in [2.45, 2.75) is 52.5 Å². The highest BCUT2D eigenvalue weighted by molar-refractivity contribution is 14.1. The van der Waals surface area contributed by atoms with Gasteiger partial charge in [0.05, 0.1) is 24.9 Å². The minimum absolute atomic E-state index is 0.0616. The third kappa shape index (κ3) is 5.49. The summed E-state index contributed by atoms with van der Waals surface area (Å²) in [5.74, 6) is 0.0616. The Morgan fingerprint density at radius 3 is 2.91 bits per heavy atom. The number of halogens is 1. The van der Waals surface area contributed by atoms with Gasteiger partial charge < -0.3 is 19.9 Å². The first kappa shape index (κ1) is 25.2. The van der Waals surface area contributed by atoms with Crippen molar-refractivity contribution in [1.29, 1.82) is 0 Å². The second-order valence-corrected chi connectivity index (χ2v) is 11.0. The van der Waals surface area contributed by atoms with E-state index in [0.717, 1.165) is 58.3 Å². The van der Waals surface area contributed by atoms with Gasteiger partial charge in [-0.15, -0.1) is 0 Å². The van der Waals surface area contributed by atoms with Gasteiger partial charge in [0.1, 0.15) is 5.69 Å². The molecule has 0 bridgehead atoms. The first-order valence-corrected chi connectivity index (χ1v) is 13.7. The molecule has 2 aromatic heterocycles. The number of nitrogens with zero attached hydrogens (tertiary/aromatic N) is 2. The number of anilines is 1. The van der Waals surface area contributed by atoms with Crippen LogP contribution in [-0.2, 0) is 22.4 Å². The van der Waals surface area contributed by atoms with Crippen molar-refractivity contribution >= 4 is 45.1 Å². The molecule has 1 aromatic carbocycles. The van der Waals surface area contributed by atoms with Crippen LogP contribution in [0, 0.1) is 5.41 Å². The lowest BCUT2D eigenvalue weighted by Crippen LogP contribution is -2.45. The molecule has 0 saturated carbocycles. The molecule has 3 N–H and O–H groups in total.